The number of hydrogen-bond donors (Lipinski definition) is 1. The summed E-state index contributed by atoms with van der Waals surface area (Å²) < 4.78 is 0. The molecule has 0 amide bonds. The zero-order valence-electron chi connectivity index (χ0n) is 13.6. The number of rotatable bonds is 6. The molecule has 1 unspecified atom stereocenters. The first-order valence-electron chi connectivity index (χ1n) is 7.89. The van der Waals surface area contributed by atoms with Gasteiger partial charge in [0.25, 0.3) is 0 Å². The van der Waals surface area contributed by atoms with Gasteiger partial charge in [-0.05, 0) is 61.6 Å². The summed E-state index contributed by atoms with van der Waals surface area (Å²) in [4.78, 5) is 4.66. The molecule has 0 aliphatic heterocycles. The number of aromatic nitrogens is 1. The second-order valence-corrected chi connectivity index (χ2v) is 5.59. The molecule has 2 heteroatoms. The summed E-state index contributed by atoms with van der Waals surface area (Å²) in [5, 5.41) is 3.61. The highest BCUT2D eigenvalue weighted by molar-refractivity contribution is 5.35. The summed E-state index contributed by atoms with van der Waals surface area (Å²) in [7, 11) is 0. The number of pyridine rings is 1. The Morgan fingerprint density at radius 3 is 2.38 bits per heavy atom. The SMILES string of the molecule is CCNC(Cc1c(C)cccc1C)c1ncccc1CC. The zero-order chi connectivity index (χ0) is 15.2. The molecule has 1 N–H and O–H groups in total. The van der Waals surface area contributed by atoms with Crippen LogP contribution >= 0.6 is 0 Å². The minimum Gasteiger partial charge on any atom is -0.309 e. The van der Waals surface area contributed by atoms with Gasteiger partial charge in [-0.15, -0.1) is 0 Å². The lowest BCUT2D eigenvalue weighted by molar-refractivity contribution is 0.530. The van der Waals surface area contributed by atoms with E-state index in [0.717, 1.165) is 19.4 Å². The maximum atomic E-state index is 4.66. The van der Waals surface area contributed by atoms with Crippen molar-refractivity contribution in [1.82, 2.24) is 10.3 Å². The zero-order valence-corrected chi connectivity index (χ0v) is 13.6. The van der Waals surface area contributed by atoms with Gasteiger partial charge in [-0.2, -0.15) is 0 Å². The predicted molar refractivity (Wildman–Crippen MR) is 89.7 cm³/mol. The first-order chi connectivity index (χ1) is 10.2. The van der Waals surface area contributed by atoms with Gasteiger partial charge >= 0.3 is 0 Å². The molecule has 112 valence electrons. The van der Waals surface area contributed by atoms with Crippen molar-refractivity contribution in [2.45, 2.75) is 46.6 Å². The number of nitrogens with one attached hydrogen (secondary N) is 1. The van der Waals surface area contributed by atoms with Crippen molar-refractivity contribution in [2.75, 3.05) is 6.54 Å². The molecule has 0 fully saturated rings. The molecule has 21 heavy (non-hydrogen) atoms. The van der Waals surface area contributed by atoms with Gasteiger partial charge in [-0.3, -0.25) is 4.98 Å². The molecule has 1 aromatic heterocycles. The molecule has 0 aliphatic carbocycles. The van der Waals surface area contributed by atoms with Crippen molar-refractivity contribution >= 4 is 0 Å². The Hall–Kier alpha value is -1.67. The van der Waals surface area contributed by atoms with Crippen LogP contribution < -0.4 is 5.32 Å². The van der Waals surface area contributed by atoms with Gasteiger partial charge in [-0.1, -0.05) is 38.1 Å². The van der Waals surface area contributed by atoms with E-state index in [0.29, 0.717) is 0 Å². The first kappa shape index (κ1) is 15.7. The van der Waals surface area contributed by atoms with Gasteiger partial charge < -0.3 is 5.32 Å². The van der Waals surface area contributed by atoms with Crippen LogP contribution in [-0.2, 0) is 12.8 Å². The van der Waals surface area contributed by atoms with Crippen molar-refractivity contribution in [3.8, 4) is 0 Å². The second-order valence-electron chi connectivity index (χ2n) is 5.59. The minimum absolute atomic E-state index is 0.283. The molecule has 0 spiro atoms. The van der Waals surface area contributed by atoms with E-state index < -0.39 is 0 Å². The third kappa shape index (κ3) is 3.70. The summed E-state index contributed by atoms with van der Waals surface area (Å²) in [5.41, 5.74) is 6.72. The Kier molecular flexibility index (Phi) is 5.51. The van der Waals surface area contributed by atoms with Gasteiger partial charge in [0, 0.05) is 6.20 Å². The Bertz CT molecular complexity index is 570. The highest BCUT2D eigenvalue weighted by atomic mass is 14.9. The van der Waals surface area contributed by atoms with Crippen LogP contribution in [0, 0.1) is 13.8 Å². The van der Waals surface area contributed by atoms with Crippen LogP contribution in [0.5, 0.6) is 0 Å². The van der Waals surface area contributed by atoms with Gasteiger partial charge in [0.2, 0.25) is 0 Å². The van der Waals surface area contributed by atoms with E-state index in [-0.39, 0.29) is 6.04 Å². The molecular formula is C19H26N2. The molecule has 0 aliphatic rings. The third-order valence-corrected chi connectivity index (χ3v) is 4.14. The van der Waals surface area contributed by atoms with Crippen molar-refractivity contribution in [1.29, 1.82) is 0 Å². The highest BCUT2D eigenvalue weighted by Crippen LogP contribution is 2.24. The van der Waals surface area contributed by atoms with E-state index in [1.54, 1.807) is 0 Å². The smallest absolute Gasteiger partial charge is 0.0608 e. The maximum absolute atomic E-state index is 4.66. The van der Waals surface area contributed by atoms with E-state index in [4.69, 9.17) is 0 Å². The summed E-state index contributed by atoms with van der Waals surface area (Å²) in [6.45, 7) is 9.71. The van der Waals surface area contributed by atoms with Crippen LogP contribution in [0.1, 0.15) is 47.8 Å². The van der Waals surface area contributed by atoms with E-state index >= 15 is 0 Å². The lowest BCUT2D eigenvalue weighted by atomic mass is 9.93. The molecule has 1 aromatic carbocycles. The Labute approximate surface area is 128 Å². The number of nitrogens with zero attached hydrogens (tertiary/aromatic N) is 1. The van der Waals surface area contributed by atoms with E-state index in [9.17, 15) is 0 Å². The monoisotopic (exact) mass is 282 g/mol. The van der Waals surface area contributed by atoms with Gasteiger partial charge in [0.1, 0.15) is 0 Å². The molecule has 0 saturated carbocycles. The summed E-state index contributed by atoms with van der Waals surface area (Å²) in [5.74, 6) is 0. The highest BCUT2D eigenvalue weighted by Gasteiger charge is 2.17. The largest absolute Gasteiger partial charge is 0.309 e. The Balaban J connectivity index is 2.35. The van der Waals surface area contributed by atoms with Crippen molar-refractivity contribution in [2.24, 2.45) is 0 Å². The molecule has 2 rings (SSSR count). The van der Waals surface area contributed by atoms with E-state index in [1.807, 2.05) is 12.3 Å². The third-order valence-electron chi connectivity index (χ3n) is 4.14. The Morgan fingerprint density at radius 2 is 1.76 bits per heavy atom. The fourth-order valence-electron chi connectivity index (χ4n) is 2.95. The maximum Gasteiger partial charge on any atom is 0.0608 e. The van der Waals surface area contributed by atoms with Crippen molar-refractivity contribution in [3.05, 3.63) is 64.5 Å². The van der Waals surface area contributed by atoms with Gasteiger partial charge in [-0.25, -0.2) is 0 Å². The van der Waals surface area contributed by atoms with E-state index in [1.165, 1.54) is 27.9 Å². The average Bonchev–Trinajstić information content (AvgIpc) is 2.50. The second kappa shape index (κ2) is 7.37. The molecule has 1 atom stereocenters. The van der Waals surface area contributed by atoms with Crippen molar-refractivity contribution in [3.63, 3.8) is 0 Å². The molecule has 0 saturated heterocycles. The number of hydrogen-bond acceptors (Lipinski definition) is 2. The predicted octanol–water partition coefficient (Wildman–Crippen LogP) is 4.15. The Morgan fingerprint density at radius 1 is 1.05 bits per heavy atom. The topological polar surface area (TPSA) is 24.9 Å². The summed E-state index contributed by atoms with van der Waals surface area (Å²) in [6.07, 6.45) is 3.93. The fraction of sp³-hybridized carbons (Fsp3) is 0.421. The van der Waals surface area contributed by atoms with Crippen LogP contribution in [-0.4, -0.2) is 11.5 Å². The number of aryl methyl sites for hydroxylation is 3. The summed E-state index contributed by atoms with van der Waals surface area (Å²) in [6, 6.07) is 11.0. The van der Waals surface area contributed by atoms with Gasteiger partial charge in [0.15, 0.2) is 0 Å². The average molecular weight is 282 g/mol. The minimum atomic E-state index is 0.283. The van der Waals surface area contributed by atoms with Crippen LogP contribution in [0.25, 0.3) is 0 Å². The molecule has 0 radical (unpaired) electrons. The van der Waals surface area contributed by atoms with Crippen molar-refractivity contribution < 1.29 is 0 Å². The normalized spacial score (nSPS) is 12.4. The van der Waals surface area contributed by atoms with E-state index in [2.05, 4.69) is 62.3 Å². The number of benzene rings is 1. The van der Waals surface area contributed by atoms with Crippen LogP contribution in [0.2, 0.25) is 0 Å². The fourth-order valence-corrected chi connectivity index (χ4v) is 2.95. The molecular weight excluding hydrogens is 256 g/mol. The standard InChI is InChI=1S/C19H26N2/c1-5-16-11-8-12-21-19(16)18(20-6-2)13-17-14(3)9-7-10-15(17)4/h7-12,18,20H,5-6,13H2,1-4H3. The molecule has 0 bridgehead atoms. The number of likely N-dealkylation sites (N-methyl/N-ethyl adjacent to an activating group) is 1. The van der Waals surface area contributed by atoms with Crippen LogP contribution in [0.3, 0.4) is 0 Å². The lowest BCUT2D eigenvalue weighted by Crippen LogP contribution is -2.25. The first-order valence-corrected chi connectivity index (χ1v) is 7.89. The molecule has 2 aromatic rings. The summed E-state index contributed by atoms with van der Waals surface area (Å²) >= 11 is 0. The molecule has 1 heterocycles. The van der Waals surface area contributed by atoms with Gasteiger partial charge in [0.05, 0.1) is 11.7 Å². The molecule has 2 nitrogen and oxygen atoms in total. The van der Waals surface area contributed by atoms with Crippen LogP contribution in [0.15, 0.2) is 36.5 Å². The van der Waals surface area contributed by atoms with Crippen LogP contribution in [0.4, 0.5) is 0 Å². The lowest BCUT2D eigenvalue weighted by Gasteiger charge is -2.22. The quantitative estimate of drug-likeness (QED) is 0.860.